The molecule has 0 bridgehead atoms. The Bertz CT molecular complexity index is 287. The normalized spacial score (nSPS) is 27.6. The van der Waals surface area contributed by atoms with Gasteiger partial charge in [0, 0.05) is 10.8 Å². The van der Waals surface area contributed by atoms with Crippen molar-refractivity contribution in [1.29, 1.82) is 0 Å². The van der Waals surface area contributed by atoms with Crippen molar-refractivity contribution in [1.82, 2.24) is 0 Å². The summed E-state index contributed by atoms with van der Waals surface area (Å²) < 4.78 is 0. The second-order valence-electron chi connectivity index (χ2n) is 2.65. The lowest BCUT2D eigenvalue weighted by Gasteiger charge is -1.86. The standard InChI is InChI=1S/C8H7NOS/c10-5-9-7-4-6(7)8-2-1-3-11-8/h1-3,6-7H,4H2/t6-,7-/m0/s1. The Morgan fingerprint density at radius 3 is 3.27 bits per heavy atom. The van der Waals surface area contributed by atoms with E-state index in [-0.39, 0.29) is 6.04 Å². The average molecular weight is 165 g/mol. The van der Waals surface area contributed by atoms with Crippen molar-refractivity contribution in [2.24, 2.45) is 4.99 Å². The first-order chi connectivity index (χ1) is 5.42. The SMILES string of the molecule is O=C=N[C@H]1C[C@@H]1c1cccs1. The molecular weight excluding hydrogens is 158 g/mol. The third kappa shape index (κ3) is 1.25. The van der Waals surface area contributed by atoms with Gasteiger partial charge in [-0.25, -0.2) is 9.79 Å². The summed E-state index contributed by atoms with van der Waals surface area (Å²) >= 11 is 1.73. The fourth-order valence-electron chi connectivity index (χ4n) is 1.20. The lowest BCUT2D eigenvalue weighted by molar-refractivity contribution is 0.562. The summed E-state index contributed by atoms with van der Waals surface area (Å²) in [6.45, 7) is 0. The van der Waals surface area contributed by atoms with Crippen molar-refractivity contribution >= 4 is 17.4 Å². The molecule has 1 aromatic heterocycles. The summed E-state index contributed by atoms with van der Waals surface area (Å²) in [6, 6.07) is 4.35. The van der Waals surface area contributed by atoms with E-state index in [1.807, 2.05) is 6.07 Å². The molecule has 1 aliphatic carbocycles. The molecule has 1 saturated carbocycles. The van der Waals surface area contributed by atoms with Crippen molar-refractivity contribution in [3.63, 3.8) is 0 Å². The van der Waals surface area contributed by atoms with Gasteiger partial charge in [-0.05, 0) is 17.9 Å². The first-order valence-electron chi connectivity index (χ1n) is 3.52. The predicted octanol–water partition coefficient (Wildman–Crippen LogP) is 1.94. The van der Waals surface area contributed by atoms with E-state index in [1.54, 1.807) is 17.4 Å². The van der Waals surface area contributed by atoms with Crippen LogP contribution in [-0.2, 0) is 4.79 Å². The van der Waals surface area contributed by atoms with E-state index in [0.29, 0.717) is 5.92 Å². The summed E-state index contributed by atoms with van der Waals surface area (Å²) in [5, 5.41) is 2.05. The summed E-state index contributed by atoms with van der Waals surface area (Å²) in [4.78, 5) is 14.9. The van der Waals surface area contributed by atoms with Gasteiger partial charge in [0.05, 0.1) is 6.04 Å². The highest BCUT2D eigenvalue weighted by Crippen LogP contribution is 2.44. The number of hydrogen-bond acceptors (Lipinski definition) is 3. The fraction of sp³-hybridized carbons (Fsp3) is 0.375. The Morgan fingerprint density at radius 2 is 2.64 bits per heavy atom. The molecule has 0 spiro atoms. The van der Waals surface area contributed by atoms with E-state index in [2.05, 4.69) is 16.4 Å². The average Bonchev–Trinajstić information content (AvgIpc) is 2.61. The monoisotopic (exact) mass is 165 g/mol. The number of carbonyl (C=O) groups excluding carboxylic acids is 1. The second kappa shape index (κ2) is 2.61. The van der Waals surface area contributed by atoms with E-state index in [4.69, 9.17) is 0 Å². The third-order valence-electron chi connectivity index (χ3n) is 1.88. The maximum atomic E-state index is 9.88. The van der Waals surface area contributed by atoms with Gasteiger partial charge in [0.2, 0.25) is 6.08 Å². The molecule has 2 atom stereocenters. The Morgan fingerprint density at radius 1 is 1.73 bits per heavy atom. The summed E-state index contributed by atoms with van der Waals surface area (Å²) in [5.74, 6) is 0.511. The minimum atomic E-state index is 0.228. The Labute approximate surface area is 68.6 Å². The number of isocyanates is 1. The van der Waals surface area contributed by atoms with Crippen LogP contribution in [0.1, 0.15) is 17.2 Å². The molecule has 0 N–H and O–H groups in total. The highest BCUT2D eigenvalue weighted by atomic mass is 32.1. The molecule has 56 valence electrons. The largest absolute Gasteiger partial charge is 0.235 e. The van der Waals surface area contributed by atoms with E-state index in [1.165, 1.54) is 4.88 Å². The Kier molecular flexibility index (Phi) is 1.60. The Balaban J connectivity index is 2.07. The smallest absolute Gasteiger partial charge is 0.211 e. The fourth-order valence-corrected chi connectivity index (χ4v) is 2.10. The van der Waals surface area contributed by atoms with Crippen LogP contribution in [0.4, 0.5) is 0 Å². The number of aliphatic imine (C=N–C) groups is 1. The molecule has 0 saturated heterocycles. The van der Waals surface area contributed by atoms with Crippen molar-refractivity contribution in [3.05, 3.63) is 22.4 Å². The highest BCUT2D eigenvalue weighted by Gasteiger charge is 2.39. The zero-order valence-electron chi connectivity index (χ0n) is 5.86. The van der Waals surface area contributed by atoms with Gasteiger partial charge in [-0.3, -0.25) is 0 Å². The zero-order valence-corrected chi connectivity index (χ0v) is 6.67. The van der Waals surface area contributed by atoms with Crippen LogP contribution in [0.15, 0.2) is 22.5 Å². The second-order valence-corrected chi connectivity index (χ2v) is 3.62. The summed E-state index contributed by atoms with van der Waals surface area (Å²) in [7, 11) is 0. The lowest BCUT2D eigenvalue weighted by Crippen LogP contribution is -1.78. The molecule has 1 aromatic rings. The molecular formula is C8H7NOS. The van der Waals surface area contributed by atoms with Gasteiger partial charge in [-0.1, -0.05) is 6.07 Å². The van der Waals surface area contributed by atoms with Crippen molar-refractivity contribution in [2.45, 2.75) is 18.4 Å². The van der Waals surface area contributed by atoms with Crippen LogP contribution in [0.25, 0.3) is 0 Å². The molecule has 0 radical (unpaired) electrons. The van der Waals surface area contributed by atoms with Crippen LogP contribution < -0.4 is 0 Å². The molecule has 3 heteroatoms. The zero-order chi connectivity index (χ0) is 7.68. The maximum Gasteiger partial charge on any atom is 0.235 e. The summed E-state index contributed by atoms with van der Waals surface area (Å²) in [6.07, 6.45) is 2.62. The quantitative estimate of drug-likeness (QED) is 0.486. The van der Waals surface area contributed by atoms with Gasteiger partial charge in [-0.2, -0.15) is 0 Å². The van der Waals surface area contributed by atoms with E-state index < -0.39 is 0 Å². The molecule has 2 rings (SSSR count). The minimum Gasteiger partial charge on any atom is -0.211 e. The summed E-state index contributed by atoms with van der Waals surface area (Å²) in [5.41, 5.74) is 0. The van der Waals surface area contributed by atoms with Gasteiger partial charge in [0.1, 0.15) is 0 Å². The topological polar surface area (TPSA) is 29.4 Å². The molecule has 11 heavy (non-hydrogen) atoms. The number of hydrogen-bond donors (Lipinski definition) is 0. The van der Waals surface area contributed by atoms with Gasteiger partial charge >= 0.3 is 0 Å². The van der Waals surface area contributed by atoms with Crippen LogP contribution in [0, 0.1) is 0 Å². The molecule has 0 aliphatic heterocycles. The first kappa shape index (κ1) is 6.77. The maximum absolute atomic E-state index is 9.88. The van der Waals surface area contributed by atoms with Gasteiger partial charge in [0.15, 0.2) is 0 Å². The van der Waals surface area contributed by atoms with Crippen LogP contribution in [-0.4, -0.2) is 12.1 Å². The van der Waals surface area contributed by atoms with Crippen LogP contribution in [0.2, 0.25) is 0 Å². The third-order valence-corrected chi connectivity index (χ3v) is 2.89. The van der Waals surface area contributed by atoms with Gasteiger partial charge in [-0.15, -0.1) is 11.3 Å². The van der Waals surface area contributed by atoms with E-state index >= 15 is 0 Å². The molecule has 0 amide bonds. The first-order valence-corrected chi connectivity index (χ1v) is 4.40. The molecule has 1 heterocycles. The van der Waals surface area contributed by atoms with Crippen molar-refractivity contribution in [2.75, 3.05) is 0 Å². The van der Waals surface area contributed by atoms with Crippen LogP contribution in [0.3, 0.4) is 0 Å². The van der Waals surface area contributed by atoms with Crippen molar-refractivity contribution in [3.8, 4) is 0 Å². The van der Waals surface area contributed by atoms with Gasteiger partial charge in [0.25, 0.3) is 0 Å². The molecule has 0 aromatic carbocycles. The molecule has 0 unspecified atom stereocenters. The number of thiophene rings is 1. The minimum absolute atomic E-state index is 0.228. The predicted molar refractivity (Wildman–Crippen MR) is 43.6 cm³/mol. The molecule has 1 fully saturated rings. The number of nitrogens with zero attached hydrogens (tertiary/aromatic N) is 1. The lowest BCUT2D eigenvalue weighted by atomic mass is 10.3. The Hall–Kier alpha value is -0.920. The van der Waals surface area contributed by atoms with Crippen LogP contribution in [0.5, 0.6) is 0 Å². The molecule has 2 nitrogen and oxygen atoms in total. The molecule has 1 aliphatic rings. The van der Waals surface area contributed by atoms with E-state index in [0.717, 1.165) is 6.42 Å². The van der Waals surface area contributed by atoms with Gasteiger partial charge < -0.3 is 0 Å². The van der Waals surface area contributed by atoms with Crippen molar-refractivity contribution < 1.29 is 4.79 Å². The number of rotatable bonds is 2. The van der Waals surface area contributed by atoms with E-state index in [9.17, 15) is 4.79 Å². The van der Waals surface area contributed by atoms with Crippen LogP contribution >= 0.6 is 11.3 Å². The highest BCUT2D eigenvalue weighted by molar-refractivity contribution is 7.10.